The van der Waals surface area contributed by atoms with Gasteiger partial charge in [0, 0.05) is 18.0 Å². The third kappa shape index (κ3) is 3.20. The van der Waals surface area contributed by atoms with Gasteiger partial charge in [0.15, 0.2) is 0 Å². The Morgan fingerprint density at radius 3 is 2.80 bits per heavy atom. The van der Waals surface area contributed by atoms with Gasteiger partial charge in [-0.1, -0.05) is 13.0 Å². The van der Waals surface area contributed by atoms with Gasteiger partial charge >= 0.3 is 5.63 Å². The van der Waals surface area contributed by atoms with Crippen LogP contribution in [0.25, 0.3) is 11.0 Å². The summed E-state index contributed by atoms with van der Waals surface area (Å²) in [5, 5.41) is 2.94. The largest absolute Gasteiger partial charge is 0.423 e. The van der Waals surface area contributed by atoms with E-state index in [-0.39, 0.29) is 12.5 Å². The Kier molecular flexibility index (Phi) is 4.45. The second kappa shape index (κ2) is 6.09. The molecular formula is C15H16ClNO3. The van der Waals surface area contributed by atoms with Crippen LogP contribution in [-0.4, -0.2) is 11.3 Å². The van der Waals surface area contributed by atoms with Crippen LogP contribution in [0.2, 0.25) is 0 Å². The van der Waals surface area contributed by atoms with E-state index in [1.54, 1.807) is 13.0 Å². The quantitative estimate of drug-likeness (QED) is 0.696. The molecule has 0 fully saturated rings. The monoisotopic (exact) mass is 293 g/mol. The lowest BCUT2D eigenvalue weighted by molar-refractivity contribution is -0.120. The minimum absolute atomic E-state index is 0.255. The first kappa shape index (κ1) is 14.6. The van der Waals surface area contributed by atoms with E-state index in [1.807, 2.05) is 12.1 Å². The Morgan fingerprint density at radius 1 is 1.40 bits per heavy atom. The van der Waals surface area contributed by atoms with Crippen molar-refractivity contribution in [3.05, 3.63) is 45.8 Å². The minimum Gasteiger partial charge on any atom is -0.423 e. The number of nitrogens with one attached hydrogen (secondary N) is 1. The van der Waals surface area contributed by atoms with Crippen LogP contribution in [0.15, 0.2) is 33.5 Å². The van der Waals surface area contributed by atoms with Gasteiger partial charge in [0.05, 0.1) is 0 Å². The summed E-state index contributed by atoms with van der Waals surface area (Å²) >= 11 is 5.70. The summed E-state index contributed by atoms with van der Waals surface area (Å²) in [6, 6.07) is 7.09. The zero-order valence-electron chi connectivity index (χ0n) is 11.4. The summed E-state index contributed by atoms with van der Waals surface area (Å²) in [5.74, 6) is -0.264. The second-order valence-electron chi connectivity index (χ2n) is 4.61. The standard InChI is InChI=1S/C15H16ClNO3/c1-3-10-4-5-13-12(6-10)11(7-14(18)20-13)8-17-15(19)9(2)16/h4-7,9H,3,8H2,1-2H3,(H,17,19). The summed E-state index contributed by atoms with van der Waals surface area (Å²) in [5.41, 5.74) is 1.98. The minimum atomic E-state index is -0.604. The van der Waals surface area contributed by atoms with Gasteiger partial charge in [-0.15, -0.1) is 11.6 Å². The highest BCUT2D eigenvalue weighted by Gasteiger charge is 2.11. The third-order valence-corrected chi connectivity index (χ3v) is 3.31. The van der Waals surface area contributed by atoms with E-state index < -0.39 is 11.0 Å². The fourth-order valence-electron chi connectivity index (χ4n) is 1.96. The molecule has 1 aromatic heterocycles. The molecule has 5 heteroatoms. The van der Waals surface area contributed by atoms with Crippen LogP contribution in [0, 0.1) is 0 Å². The van der Waals surface area contributed by atoms with Crippen molar-refractivity contribution in [1.29, 1.82) is 0 Å². The molecule has 1 amide bonds. The lowest BCUT2D eigenvalue weighted by Gasteiger charge is -2.09. The Labute approximate surface area is 121 Å². The van der Waals surface area contributed by atoms with Gasteiger partial charge in [-0.3, -0.25) is 4.79 Å². The normalized spacial score (nSPS) is 12.3. The van der Waals surface area contributed by atoms with Crippen molar-refractivity contribution in [2.24, 2.45) is 0 Å². The number of hydrogen-bond acceptors (Lipinski definition) is 3. The maximum atomic E-state index is 11.5. The predicted molar refractivity (Wildman–Crippen MR) is 79.0 cm³/mol. The third-order valence-electron chi connectivity index (χ3n) is 3.12. The van der Waals surface area contributed by atoms with Crippen molar-refractivity contribution in [1.82, 2.24) is 5.32 Å². The van der Waals surface area contributed by atoms with Crippen LogP contribution in [-0.2, 0) is 17.8 Å². The topological polar surface area (TPSA) is 59.3 Å². The molecule has 1 atom stereocenters. The SMILES string of the molecule is CCc1ccc2oc(=O)cc(CNC(=O)C(C)Cl)c2c1. The highest BCUT2D eigenvalue weighted by atomic mass is 35.5. The van der Waals surface area contributed by atoms with E-state index in [9.17, 15) is 9.59 Å². The second-order valence-corrected chi connectivity index (χ2v) is 5.26. The molecule has 0 aliphatic heterocycles. The van der Waals surface area contributed by atoms with Gasteiger partial charge in [-0.05, 0) is 36.6 Å². The Morgan fingerprint density at radius 2 is 2.15 bits per heavy atom. The van der Waals surface area contributed by atoms with Crippen LogP contribution >= 0.6 is 11.6 Å². The Bertz CT molecular complexity index is 691. The Hall–Kier alpha value is -1.81. The van der Waals surface area contributed by atoms with Gasteiger partial charge in [-0.2, -0.15) is 0 Å². The van der Waals surface area contributed by atoms with Gasteiger partial charge in [-0.25, -0.2) is 4.79 Å². The van der Waals surface area contributed by atoms with Gasteiger partial charge in [0.1, 0.15) is 11.0 Å². The molecule has 2 aromatic rings. The molecule has 4 nitrogen and oxygen atoms in total. The van der Waals surface area contributed by atoms with E-state index in [0.29, 0.717) is 5.58 Å². The summed E-state index contributed by atoms with van der Waals surface area (Å²) in [6.07, 6.45) is 0.888. The average molecular weight is 294 g/mol. The Balaban J connectivity index is 2.40. The summed E-state index contributed by atoms with van der Waals surface area (Å²) in [4.78, 5) is 23.0. The maximum Gasteiger partial charge on any atom is 0.336 e. The number of rotatable bonds is 4. The van der Waals surface area contributed by atoms with E-state index in [2.05, 4.69) is 12.2 Å². The molecule has 1 unspecified atom stereocenters. The van der Waals surface area contributed by atoms with Crippen LogP contribution in [0.5, 0.6) is 0 Å². The van der Waals surface area contributed by atoms with Crippen molar-refractivity contribution >= 4 is 28.5 Å². The molecule has 0 bridgehead atoms. The molecular weight excluding hydrogens is 278 g/mol. The number of amides is 1. The average Bonchev–Trinajstić information content (AvgIpc) is 2.43. The summed E-state index contributed by atoms with van der Waals surface area (Å²) in [7, 11) is 0. The van der Waals surface area contributed by atoms with Crippen molar-refractivity contribution in [2.75, 3.05) is 0 Å². The maximum absolute atomic E-state index is 11.5. The number of alkyl halides is 1. The molecule has 0 spiro atoms. The zero-order valence-corrected chi connectivity index (χ0v) is 12.2. The molecule has 1 heterocycles. The zero-order chi connectivity index (χ0) is 14.7. The first-order valence-electron chi connectivity index (χ1n) is 6.48. The molecule has 1 aromatic carbocycles. The van der Waals surface area contributed by atoms with Crippen LogP contribution in [0.4, 0.5) is 0 Å². The molecule has 0 radical (unpaired) electrons. The summed E-state index contributed by atoms with van der Waals surface area (Å²) < 4.78 is 5.16. The van der Waals surface area contributed by atoms with Gasteiger partial charge in [0.25, 0.3) is 0 Å². The first-order chi connectivity index (χ1) is 9.51. The number of hydrogen-bond donors (Lipinski definition) is 1. The number of fused-ring (bicyclic) bond motifs is 1. The van der Waals surface area contributed by atoms with E-state index in [1.165, 1.54) is 6.07 Å². The molecule has 0 saturated heterocycles. The van der Waals surface area contributed by atoms with Crippen LogP contribution < -0.4 is 10.9 Å². The fourth-order valence-corrected chi connectivity index (χ4v) is 2.04. The number of carbonyl (C=O) groups is 1. The highest BCUT2D eigenvalue weighted by Crippen LogP contribution is 2.19. The smallest absolute Gasteiger partial charge is 0.336 e. The van der Waals surface area contributed by atoms with Crippen LogP contribution in [0.3, 0.4) is 0 Å². The van der Waals surface area contributed by atoms with Crippen LogP contribution in [0.1, 0.15) is 25.0 Å². The molecule has 2 rings (SSSR count). The number of carbonyl (C=O) groups excluding carboxylic acids is 1. The molecule has 0 aliphatic carbocycles. The molecule has 20 heavy (non-hydrogen) atoms. The van der Waals surface area contributed by atoms with Crippen molar-refractivity contribution < 1.29 is 9.21 Å². The lowest BCUT2D eigenvalue weighted by Crippen LogP contribution is -2.29. The van der Waals surface area contributed by atoms with Crippen molar-refractivity contribution in [3.63, 3.8) is 0 Å². The van der Waals surface area contributed by atoms with E-state index >= 15 is 0 Å². The molecule has 0 aliphatic rings. The fraction of sp³-hybridized carbons (Fsp3) is 0.333. The predicted octanol–water partition coefficient (Wildman–Crippen LogP) is 2.60. The molecule has 1 N–H and O–H groups in total. The number of benzene rings is 1. The van der Waals surface area contributed by atoms with E-state index in [4.69, 9.17) is 16.0 Å². The molecule has 0 saturated carbocycles. The summed E-state index contributed by atoms with van der Waals surface area (Å²) in [6.45, 7) is 3.91. The number of halogens is 1. The number of aryl methyl sites for hydroxylation is 1. The lowest BCUT2D eigenvalue weighted by atomic mass is 10.1. The van der Waals surface area contributed by atoms with Crippen molar-refractivity contribution in [3.8, 4) is 0 Å². The highest BCUT2D eigenvalue weighted by molar-refractivity contribution is 6.30. The van der Waals surface area contributed by atoms with Crippen molar-refractivity contribution in [2.45, 2.75) is 32.2 Å². The molecule has 106 valence electrons. The van der Waals surface area contributed by atoms with Gasteiger partial charge in [0.2, 0.25) is 5.91 Å². The first-order valence-corrected chi connectivity index (χ1v) is 6.92. The van der Waals surface area contributed by atoms with Gasteiger partial charge < -0.3 is 9.73 Å². The van der Waals surface area contributed by atoms with E-state index in [0.717, 1.165) is 22.9 Å².